The largest absolute Gasteiger partial charge is 0.489 e. The maximum atomic E-state index is 6.17. The summed E-state index contributed by atoms with van der Waals surface area (Å²) < 4.78 is 7.24. The summed E-state index contributed by atoms with van der Waals surface area (Å²) in [6.07, 6.45) is 1.24. The van der Waals surface area contributed by atoms with E-state index in [0.29, 0.717) is 0 Å². The molecule has 0 spiro atoms. The first-order valence-electron chi connectivity index (χ1n) is 7.48. The van der Waals surface area contributed by atoms with Crippen LogP contribution in [0.4, 0.5) is 0 Å². The van der Waals surface area contributed by atoms with Crippen LogP contribution in [0.3, 0.4) is 0 Å². The van der Waals surface area contributed by atoms with E-state index in [1.165, 1.54) is 11.1 Å². The van der Waals surface area contributed by atoms with Crippen LogP contribution in [0.15, 0.2) is 16.6 Å². The van der Waals surface area contributed by atoms with Crippen molar-refractivity contribution in [1.82, 2.24) is 0 Å². The predicted octanol–water partition coefficient (Wildman–Crippen LogP) is 6.22. The Morgan fingerprint density at radius 1 is 1.05 bits per heavy atom. The highest BCUT2D eigenvalue weighted by atomic mass is 79.9. The molecule has 0 aliphatic carbocycles. The van der Waals surface area contributed by atoms with Crippen LogP contribution in [-0.4, -0.2) is 6.10 Å². The first-order valence-corrected chi connectivity index (χ1v) is 8.27. The fraction of sp³-hybridized carbons (Fsp3) is 0.667. The summed E-state index contributed by atoms with van der Waals surface area (Å²) in [5, 5.41) is 0. The predicted molar refractivity (Wildman–Crippen MR) is 91.9 cm³/mol. The maximum Gasteiger partial charge on any atom is 0.137 e. The molecule has 0 aliphatic heterocycles. The van der Waals surface area contributed by atoms with Gasteiger partial charge in [-0.1, -0.05) is 54.5 Å². The Morgan fingerprint density at radius 3 is 2.00 bits per heavy atom. The summed E-state index contributed by atoms with van der Waals surface area (Å²) in [6.45, 7) is 17.7. The van der Waals surface area contributed by atoms with E-state index in [4.69, 9.17) is 4.74 Å². The van der Waals surface area contributed by atoms with Crippen LogP contribution in [0.1, 0.15) is 72.9 Å². The normalized spacial score (nSPS) is 14.2. The number of ether oxygens (including phenoxy) is 1. The van der Waals surface area contributed by atoms with Gasteiger partial charge < -0.3 is 4.74 Å². The molecule has 0 amide bonds. The molecule has 114 valence electrons. The van der Waals surface area contributed by atoms with E-state index in [0.717, 1.165) is 16.6 Å². The van der Waals surface area contributed by atoms with Gasteiger partial charge in [-0.05, 0) is 51.7 Å². The number of hydrogen-bond acceptors (Lipinski definition) is 1. The quantitative estimate of drug-likeness (QED) is 0.634. The lowest BCUT2D eigenvalue weighted by Crippen LogP contribution is -2.20. The third-order valence-corrected chi connectivity index (χ3v) is 4.20. The molecule has 1 aromatic carbocycles. The van der Waals surface area contributed by atoms with E-state index in [1.54, 1.807) is 0 Å². The average Bonchev–Trinajstić information content (AvgIpc) is 2.28. The zero-order chi connectivity index (χ0) is 15.7. The summed E-state index contributed by atoms with van der Waals surface area (Å²) >= 11 is 3.72. The van der Waals surface area contributed by atoms with Gasteiger partial charge in [0.1, 0.15) is 5.75 Å². The molecule has 0 bridgehead atoms. The maximum absolute atomic E-state index is 6.17. The Labute approximate surface area is 133 Å². The van der Waals surface area contributed by atoms with Crippen LogP contribution in [0.25, 0.3) is 0 Å². The van der Waals surface area contributed by atoms with Crippen LogP contribution in [-0.2, 0) is 10.8 Å². The van der Waals surface area contributed by atoms with Crippen LogP contribution in [0.2, 0.25) is 0 Å². The van der Waals surface area contributed by atoms with Crippen molar-refractivity contribution in [2.24, 2.45) is 0 Å². The molecule has 0 saturated heterocycles. The van der Waals surface area contributed by atoms with Crippen molar-refractivity contribution in [3.63, 3.8) is 0 Å². The van der Waals surface area contributed by atoms with Crippen molar-refractivity contribution in [1.29, 1.82) is 0 Å². The standard InChI is InChI=1S/C18H29BrO/c1-9-12(2)20-16-14(18(6,7)8)10-13(11-15(16)19)17(3,4)5/h10-12H,9H2,1-8H3. The summed E-state index contributed by atoms with van der Waals surface area (Å²) in [5.74, 6) is 1.000. The van der Waals surface area contributed by atoms with Gasteiger partial charge in [-0.3, -0.25) is 0 Å². The second-order valence-electron chi connectivity index (χ2n) is 7.67. The van der Waals surface area contributed by atoms with Crippen molar-refractivity contribution in [3.05, 3.63) is 27.7 Å². The number of hydrogen-bond donors (Lipinski definition) is 0. The zero-order valence-corrected chi connectivity index (χ0v) is 15.8. The van der Waals surface area contributed by atoms with E-state index in [-0.39, 0.29) is 16.9 Å². The first kappa shape index (κ1) is 17.6. The zero-order valence-electron chi connectivity index (χ0n) is 14.2. The molecule has 0 saturated carbocycles. The van der Waals surface area contributed by atoms with E-state index < -0.39 is 0 Å². The van der Waals surface area contributed by atoms with Gasteiger partial charge >= 0.3 is 0 Å². The first-order chi connectivity index (χ1) is 8.96. The van der Waals surface area contributed by atoms with Crippen molar-refractivity contribution in [2.75, 3.05) is 0 Å². The van der Waals surface area contributed by atoms with Gasteiger partial charge in [0, 0.05) is 5.56 Å². The average molecular weight is 341 g/mol. The van der Waals surface area contributed by atoms with Crippen molar-refractivity contribution in [2.45, 2.75) is 78.7 Å². The molecular formula is C18H29BrO. The summed E-state index contributed by atoms with van der Waals surface area (Å²) in [5.41, 5.74) is 2.81. The summed E-state index contributed by atoms with van der Waals surface area (Å²) in [7, 11) is 0. The molecule has 2 heteroatoms. The van der Waals surface area contributed by atoms with Gasteiger partial charge in [-0.2, -0.15) is 0 Å². The molecule has 20 heavy (non-hydrogen) atoms. The number of benzene rings is 1. The lowest BCUT2D eigenvalue weighted by Gasteiger charge is -2.29. The molecule has 0 heterocycles. The second-order valence-corrected chi connectivity index (χ2v) is 8.53. The molecule has 1 unspecified atom stereocenters. The number of rotatable bonds is 3. The molecular weight excluding hydrogens is 312 g/mol. The fourth-order valence-corrected chi connectivity index (χ4v) is 2.54. The van der Waals surface area contributed by atoms with Gasteiger partial charge in [-0.25, -0.2) is 0 Å². The van der Waals surface area contributed by atoms with Gasteiger partial charge in [0.05, 0.1) is 10.6 Å². The second kappa shape index (κ2) is 6.09. The Balaban J connectivity index is 3.44. The van der Waals surface area contributed by atoms with Gasteiger partial charge in [0.15, 0.2) is 0 Å². The minimum absolute atomic E-state index is 0.0621. The molecule has 0 N–H and O–H groups in total. The lowest BCUT2D eigenvalue weighted by atomic mass is 9.80. The van der Waals surface area contributed by atoms with Gasteiger partial charge in [-0.15, -0.1) is 0 Å². The minimum Gasteiger partial charge on any atom is -0.489 e. The third kappa shape index (κ3) is 4.25. The van der Waals surface area contributed by atoms with Gasteiger partial charge in [0.2, 0.25) is 0 Å². The molecule has 0 aromatic heterocycles. The van der Waals surface area contributed by atoms with E-state index in [2.05, 4.69) is 83.5 Å². The summed E-state index contributed by atoms with van der Waals surface area (Å²) in [4.78, 5) is 0. The third-order valence-electron chi connectivity index (χ3n) is 3.61. The highest BCUT2D eigenvalue weighted by Gasteiger charge is 2.26. The van der Waals surface area contributed by atoms with Crippen LogP contribution >= 0.6 is 15.9 Å². The highest BCUT2D eigenvalue weighted by Crippen LogP contribution is 2.41. The molecule has 1 aromatic rings. The van der Waals surface area contributed by atoms with E-state index >= 15 is 0 Å². The molecule has 0 radical (unpaired) electrons. The van der Waals surface area contributed by atoms with Crippen LogP contribution < -0.4 is 4.74 Å². The molecule has 1 nitrogen and oxygen atoms in total. The molecule has 1 rings (SSSR count). The lowest BCUT2D eigenvalue weighted by molar-refractivity contribution is 0.211. The molecule has 0 aliphatic rings. The summed E-state index contributed by atoms with van der Waals surface area (Å²) in [6, 6.07) is 4.51. The minimum atomic E-state index is 0.0621. The van der Waals surface area contributed by atoms with Crippen molar-refractivity contribution < 1.29 is 4.74 Å². The number of halogens is 1. The smallest absolute Gasteiger partial charge is 0.137 e. The Hall–Kier alpha value is -0.500. The fourth-order valence-electron chi connectivity index (χ4n) is 1.99. The topological polar surface area (TPSA) is 9.23 Å². The van der Waals surface area contributed by atoms with E-state index in [1.807, 2.05) is 0 Å². The van der Waals surface area contributed by atoms with Crippen molar-refractivity contribution in [3.8, 4) is 5.75 Å². The molecule has 1 atom stereocenters. The van der Waals surface area contributed by atoms with E-state index in [9.17, 15) is 0 Å². The Morgan fingerprint density at radius 2 is 1.60 bits per heavy atom. The van der Waals surface area contributed by atoms with Crippen molar-refractivity contribution >= 4 is 15.9 Å². The van der Waals surface area contributed by atoms with Crippen LogP contribution in [0, 0.1) is 0 Å². The molecule has 0 fully saturated rings. The monoisotopic (exact) mass is 340 g/mol. The van der Waals surface area contributed by atoms with Crippen LogP contribution in [0.5, 0.6) is 5.75 Å². The SMILES string of the molecule is CCC(C)Oc1c(Br)cc(C(C)(C)C)cc1C(C)(C)C. The Bertz CT molecular complexity index is 464. The highest BCUT2D eigenvalue weighted by molar-refractivity contribution is 9.10. The van der Waals surface area contributed by atoms with Gasteiger partial charge in [0.25, 0.3) is 0 Å². The Kier molecular flexibility index (Phi) is 5.34.